The van der Waals surface area contributed by atoms with Crippen LogP contribution in [-0.2, 0) is 4.79 Å². The SMILES string of the molecule is CC[C@H](NC(=O)[C@@H](Br)CC)c1ccccc1. The first-order valence-corrected chi connectivity index (χ1v) is 6.60. The van der Waals surface area contributed by atoms with Crippen molar-refractivity contribution in [3.05, 3.63) is 35.9 Å². The summed E-state index contributed by atoms with van der Waals surface area (Å²) in [7, 11) is 0. The average molecular weight is 284 g/mol. The summed E-state index contributed by atoms with van der Waals surface area (Å²) in [4.78, 5) is 11.7. The minimum Gasteiger partial charge on any atom is -0.348 e. The van der Waals surface area contributed by atoms with Gasteiger partial charge in [0.05, 0.1) is 10.9 Å². The molecule has 88 valence electrons. The lowest BCUT2D eigenvalue weighted by Gasteiger charge is -2.19. The Kier molecular flexibility index (Phi) is 5.53. The van der Waals surface area contributed by atoms with Gasteiger partial charge in [-0.2, -0.15) is 0 Å². The summed E-state index contributed by atoms with van der Waals surface area (Å²) in [6, 6.07) is 10.2. The summed E-state index contributed by atoms with van der Waals surface area (Å²) in [5.41, 5.74) is 1.16. The van der Waals surface area contributed by atoms with E-state index in [1.165, 1.54) is 0 Å². The first-order valence-electron chi connectivity index (χ1n) is 5.68. The molecule has 1 amide bonds. The van der Waals surface area contributed by atoms with Crippen molar-refractivity contribution in [3.63, 3.8) is 0 Å². The van der Waals surface area contributed by atoms with Gasteiger partial charge in [-0.15, -0.1) is 0 Å². The second-order valence-corrected chi connectivity index (χ2v) is 4.86. The Labute approximate surface area is 106 Å². The molecule has 1 N–H and O–H groups in total. The van der Waals surface area contributed by atoms with Crippen LogP contribution in [0.1, 0.15) is 38.3 Å². The molecular weight excluding hydrogens is 266 g/mol. The molecular formula is C13H18BrNO. The lowest BCUT2D eigenvalue weighted by molar-refractivity contribution is -0.121. The highest BCUT2D eigenvalue weighted by molar-refractivity contribution is 9.10. The first kappa shape index (κ1) is 13.2. The molecule has 3 heteroatoms. The number of hydrogen-bond acceptors (Lipinski definition) is 1. The van der Waals surface area contributed by atoms with Gasteiger partial charge in [-0.05, 0) is 18.4 Å². The van der Waals surface area contributed by atoms with Crippen molar-refractivity contribution in [3.8, 4) is 0 Å². The highest BCUT2D eigenvalue weighted by atomic mass is 79.9. The van der Waals surface area contributed by atoms with E-state index in [-0.39, 0.29) is 16.8 Å². The van der Waals surface area contributed by atoms with Crippen molar-refractivity contribution in [2.45, 2.75) is 37.6 Å². The van der Waals surface area contributed by atoms with E-state index in [4.69, 9.17) is 0 Å². The Morgan fingerprint density at radius 2 is 1.88 bits per heavy atom. The van der Waals surface area contributed by atoms with Gasteiger partial charge in [0.2, 0.25) is 5.91 Å². The minimum atomic E-state index is -0.0923. The smallest absolute Gasteiger partial charge is 0.234 e. The van der Waals surface area contributed by atoms with Crippen molar-refractivity contribution < 1.29 is 4.79 Å². The number of benzene rings is 1. The van der Waals surface area contributed by atoms with Crippen LogP contribution >= 0.6 is 15.9 Å². The van der Waals surface area contributed by atoms with Crippen LogP contribution in [0.2, 0.25) is 0 Å². The van der Waals surface area contributed by atoms with E-state index in [2.05, 4.69) is 28.2 Å². The molecule has 0 saturated carbocycles. The summed E-state index contributed by atoms with van der Waals surface area (Å²) in [5, 5.41) is 3.05. The zero-order valence-electron chi connectivity index (χ0n) is 9.74. The molecule has 1 aromatic rings. The third kappa shape index (κ3) is 3.63. The molecule has 0 aromatic heterocycles. The fourth-order valence-corrected chi connectivity index (χ4v) is 1.69. The van der Waals surface area contributed by atoms with Crippen molar-refractivity contribution >= 4 is 21.8 Å². The quantitative estimate of drug-likeness (QED) is 0.825. The largest absolute Gasteiger partial charge is 0.348 e. The molecule has 1 rings (SSSR count). The van der Waals surface area contributed by atoms with Crippen molar-refractivity contribution in [2.24, 2.45) is 0 Å². The van der Waals surface area contributed by atoms with Crippen LogP contribution in [0.3, 0.4) is 0 Å². The van der Waals surface area contributed by atoms with Crippen LogP contribution in [0.25, 0.3) is 0 Å². The molecule has 0 heterocycles. The van der Waals surface area contributed by atoms with Crippen molar-refractivity contribution in [2.75, 3.05) is 0 Å². The van der Waals surface area contributed by atoms with Crippen LogP contribution in [0.15, 0.2) is 30.3 Å². The van der Waals surface area contributed by atoms with Crippen LogP contribution in [0.4, 0.5) is 0 Å². The van der Waals surface area contributed by atoms with Gasteiger partial charge in [-0.1, -0.05) is 60.1 Å². The van der Waals surface area contributed by atoms with Gasteiger partial charge >= 0.3 is 0 Å². The molecule has 0 aliphatic rings. The van der Waals surface area contributed by atoms with Crippen molar-refractivity contribution in [1.82, 2.24) is 5.32 Å². The molecule has 0 bridgehead atoms. The molecule has 2 nitrogen and oxygen atoms in total. The number of alkyl halides is 1. The molecule has 0 fully saturated rings. The van der Waals surface area contributed by atoms with Gasteiger partial charge in [-0.25, -0.2) is 0 Å². The number of carbonyl (C=O) groups is 1. The van der Waals surface area contributed by atoms with E-state index < -0.39 is 0 Å². The monoisotopic (exact) mass is 283 g/mol. The van der Waals surface area contributed by atoms with E-state index in [9.17, 15) is 4.79 Å². The number of amides is 1. The van der Waals surface area contributed by atoms with E-state index >= 15 is 0 Å². The number of hydrogen-bond donors (Lipinski definition) is 1. The molecule has 1 aromatic carbocycles. The molecule has 2 atom stereocenters. The summed E-state index contributed by atoms with van der Waals surface area (Å²) in [5.74, 6) is 0.0678. The van der Waals surface area contributed by atoms with Crippen LogP contribution < -0.4 is 5.32 Å². The van der Waals surface area contributed by atoms with Gasteiger partial charge in [0.15, 0.2) is 0 Å². The maximum atomic E-state index is 11.8. The zero-order valence-corrected chi connectivity index (χ0v) is 11.3. The topological polar surface area (TPSA) is 29.1 Å². The van der Waals surface area contributed by atoms with Crippen LogP contribution in [0, 0.1) is 0 Å². The molecule has 0 aliphatic carbocycles. The standard InChI is InChI=1S/C13H18BrNO/c1-3-11(14)13(16)15-12(4-2)10-8-6-5-7-9-10/h5-9,11-12H,3-4H2,1-2H3,(H,15,16)/t11-,12-/m0/s1. The van der Waals surface area contributed by atoms with Gasteiger partial charge in [-0.3, -0.25) is 4.79 Å². The lowest BCUT2D eigenvalue weighted by atomic mass is 10.0. The molecule has 16 heavy (non-hydrogen) atoms. The van der Waals surface area contributed by atoms with Gasteiger partial charge in [0, 0.05) is 0 Å². The highest BCUT2D eigenvalue weighted by Crippen LogP contribution is 2.17. The Morgan fingerprint density at radius 3 is 2.38 bits per heavy atom. The molecule has 0 aliphatic heterocycles. The lowest BCUT2D eigenvalue weighted by Crippen LogP contribution is -2.33. The van der Waals surface area contributed by atoms with Crippen LogP contribution in [-0.4, -0.2) is 10.7 Å². The molecule has 0 spiro atoms. The number of rotatable bonds is 5. The summed E-state index contributed by atoms with van der Waals surface area (Å²) in [6.45, 7) is 4.07. The summed E-state index contributed by atoms with van der Waals surface area (Å²) < 4.78 is 0. The molecule has 0 unspecified atom stereocenters. The van der Waals surface area contributed by atoms with Gasteiger partial charge in [0.1, 0.15) is 0 Å². The van der Waals surface area contributed by atoms with Crippen LogP contribution in [0.5, 0.6) is 0 Å². The van der Waals surface area contributed by atoms with E-state index in [1.54, 1.807) is 0 Å². The van der Waals surface area contributed by atoms with E-state index in [0.717, 1.165) is 18.4 Å². The van der Waals surface area contributed by atoms with E-state index in [0.29, 0.717) is 0 Å². The third-order valence-electron chi connectivity index (χ3n) is 2.57. The summed E-state index contributed by atoms with van der Waals surface area (Å²) >= 11 is 3.36. The number of carbonyl (C=O) groups excluding carboxylic acids is 1. The van der Waals surface area contributed by atoms with Crippen molar-refractivity contribution in [1.29, 1.82) is 0 Å². The fraction of sp³-hybridized carbons (Fsp3) is 0.462. The first-order chi connectivity index (χ1) is 7.69. The number of nitrogens with one attached hydrogen (secondary N) is 1. The Hall–Kier alpha value is -0.830. The fourth-order valence-electron chi connectivity index (χ4n) is 1.55. The second-order valence-electron chi connectivity index (χ2n) is 3.76. The normalized spacial score (nSPS) is 14.2. The third-order valence-corrected chi connectivity index (χ3v) is 3.63. The van der Waals surface area contributed by atoms with E-state index in [1.807, 2.05) is 37.3 Å². The minimum absolute atomic E-state index is 0.0678. The highest BCUT2D eigenvalue weighted by Gasteiger charge is 2.17. The average Bonchev–Trinajstić information content (AvgIpc) is 2.35. The maximum absolute atomic E-state index is 11.8. The maximum Gasteiger partial charge on any atom is 0.234 e. The second kappa shape index (κ2) is 6.69. The molecule has 0 radical (unpaired) electrons. The Morgan fingerprint density at radius 1 is 1.25 bits per heavy atom. The number of halogens is 1. The van der Waals surface area contributed by atoms with Gasteiger partial charge in [0.25, 0.3) is 0 Å². The summed E-state index contributed by atoms with van der Waals surface area (Å²) in [6.07, 6.45) is 1.70. The Balaban J connectivity index is 2.66. The Bertz CT molecular complexity index is 326. The van der Waals surface area contributed by atoms with Gasteiger partial charge < -0.3 is 5.32 Å². The molecule has 0 saturated heterocycles. The predicted octanol–water partition coefficient (Wildman–Crippen LogP) is 3.43. The zero-order chi connectivity index (χ0) is 12.0. The predicted molar refractivity (Wildman–Crippen MR) is 70.6 cm³/mol.